The van der Waals surface area contributed by atoms with E-state index in [0.717, 1.165) is 4.90 Å². The molecule has 20 heavy (non-hydrogen) atoms. The molecule has 3 nitrogen and oxygen atoms in total. The van der Waals surface area contributed by atoms with Crippen LogP contribution >= 0.6 is 11.8 Å². The number of phenolic OH excluding ortho intramolecular Hbond substituents is 1. The SMILES string of the molecule is O=S(=O)(CCSc1ccc(F)cc1)c1ccccc1O. The van der Waals surface area contributed by atoms with Crippen LogP contribution in [-0.2, 0) is 9.84 Å². The van der Waals surface area contributed by atoms with Crippen molar-refractivity contribution < 1.29 is 17.9 Å². The molecule has 0 fully saturated rings. The molecule has 0 unspecified atom stereocenters. The number of para-hydroxylation sites is 1. The predicted octanol–water partition coefficient (Wildman–Crippen LogP) is 3.10. The van der Waals surface area contributed by atoms with Gasteiger partial charge in [0.25, 0.3) is 0 Å². The van der Waals surface area contributed by atoms with Crippen LogP contribution in [-0.4, -0.2) is 25.0 Å². The molecule has 0 amide bonds. The van der Waals surface area contributed by atoms with E-state index in [9.17, 15) is 17.9 Å². The molecule has 2 aromatic carbocycles. The maximum absolute atomic E-state index is 12.7. The molecule has 106 valence electrons. The Balaban J connectivity index is 2.00. The first-order valence-corrected chi connectivity index (χ1v) is 8.52. The molecule has 0 atom stereocenters. The summed E-state index contributed by atoms with van der Waals surface area (Å²) in [7, 11) is -3.51. The highest BCUT2D eigenvalue weighted by Crippen LogP contribution is 2.25. The normalized spacial score (nSPS) is 11.4. The molecule has 0 spiro atoms. The molecule has 0 bridgehead atoms. The Kier molecular flexibility index (Phi) is 4.67. The van der Waals surface area contributed by atoms with Gasteiger partial charge in [-0.25, -0.2) is 12.8 Å². The number of benzene rings is 2. The van der Waals surface area contributed by atoms with E-state index >= 15 is 0 Å². The monoisotopic (exact) mass is 312 g/mol. The number of hydrogen-bond acceptors (Lipinski definition) is 4. The predicted molar refractivity (Wildman–Crippen MR) is 77.3 cm³/mol. The first-order chi connectivity index (χ1) is 9.49. The maximum Gasteiger partial charge on any atom is 0.182 e. The van der Waals surface area contributed by atoms with Crippen LogP contribution < -0.4 is 0 Å². The maximum atomic E-state index is 12.7. The lowest BCUT2D eigenvalue weighted by atomic mass is 10.3. The van der Waals surface area contributed by atoms with E-state index in [0.29, 0.717) is 5.75 Å². The van der Waals surface area contributed by atoms with Gasteiger partial charge in [-0.15, -0.1) is 11.8 Å². The summed E-state index contributed by atoms with van der Waals surface area (Å²) in [6.07, 6.45) is 0. The van der Waals surface area contributed by atoms with Gasteiger partial charge in [-0.05, 0) is 36.4 Å². The zero-order valence-electron chi connectivity index (χ0n) is 10.5. The van der Waals surface area contributed by atoms with Crippen LogP contribution in [0.1, 0.15) is 0 Å². The third-order valence-corrected chi connectivity index (χ3v) is 5.66. The lowest BCUT2D eigenvalue weighted by Crippen LogP contribution is -2.09. The van der Waals surface area contributed by atoms with Gasteiger partial charge in [0.15, 0.2) is 9.84 Å². The van der Waals surface area contributed by atoms with Crippen molar-refractivity contribution in [2.45, 2.75) is 9.79 Å². The first-order valence-electron chi connectivity index (χ1n) is 5.88. The summed E-state index contributed by atoms with van der Waals surface area (Å²) >= 11 is 1.33. The fourth-order valence-corrected chi connectivity index (χ4v) is 4.30. The molecular formula is C14H13FO3S2. The second-order valence-corrected chi connectivity index (χ2v) is 7.33. The summed E-state index contributed by atoms with van der Waals surface area (Å²) in [6.45, 7) is 0. The lowest BCUT2D eigenvalue weighted by molar-refractivity contribution is 0.459. The molecule has 0 aliphatic carbocycles. The summed E-state index contributed by atoms with van der Waals surface area (Å²) in [5.74, 6) is -0.315. The molecule has 0 saturated carbocycles. The van der Waals surface area contributed by atoms with Crippen LogP contribution in [0.5, 0.6) is 5.75 Å². The Morgan fingerprint density at radius 1 is 1.05 bits per heavy atom. The zero-order valence-corrected chi connectivity index (χ0v) is 12.1. The Morgan fingerprint density at radius 3 is 2.35 bits per heavy atom. The van der Waals surface area contributed by atoms with E-state index in [4.69, 9.17) is 0 Å². The van der Waals surface area contributed by atoms with Crippen LogP contribution in [0, 0.1) is 5.82 Å². The van der Waals surface area contributed by atoms with Crippen molar-refractivity contribution in [3.63, 3.8) is 0 Å². The minimum atomic E-state index is -3.51. The molecule has 0 radical (unpaired) electrons. The van der Waals surface area contributed by atoms with E-state index in [-0.39, 0.29) is 22.2 Å². The van der Waals surface area contributed by atoms with E-state index in [1.165, 1.54) is 36.0 Å². The molecule has 2 rings (SSSR count). The van der Waals surface area contributed by atoms with Gasteiger partial charge in [-0.2, -0.15) is 0 Å². The number of rotatable bonds is 5. The summed E-state index contributed by atoms with van der Waals surface area (Å²) in [6, 6.07) is 11.7. The third-order valence-electron chi connectivity index (χ3n) is 2.63. The van der Waals surface area contributed by atoms with E-state index < -0.39 is 9.84 Å². The first kappa shape index (κ1) is 14.9. The van der Waals surface area contributed by atoms with Crippen molar-refractivity contribution in [1.29, 1.82) is 0 Å². The quantitative estimate of drug-likeness (QED) is 0.862. The van der Waals surface area contributed by atoms with E-state index in [2.05, 4.69) is 0 Å². The summed E-state index contributed by atoms with van der Waals surface area (Å²) < 4.78 is 36.9. The van der Waals surface area contributed by atoms with Crippen LogP contribution in [0.15, 0.2) is 58.3 Å². The number of halogens is 1. The second kappa shape index (κ2) is 6.28. The number of sulfone groups is 1. The number of thioether (sulfide) groups is 1. The Morgan fingerprint density at radius 2 is 1.70 bits per heavy atom. The Labute approximate surface area is 121 Å². The molecule has 2 aromatic rings. The van der Waals surface area contributed by atoms with Crippen molar-refractivity contribution in [3.8, 4) is 5.75 Å². The highest BCUT2D eigenvalue weighted by molar-refractivity contribution is 8.00. The Bertz CT molecular complexity index is 682. The standard InChI is InChI=1S/C14H13FO3S2/c15-11-5-7-12(8-6-11)19-9-10-20(17,18)14-4-2-1-3-13(14)16/h1-8,16H,9-10H2. The van der Waals surface area contributed by atoms with Crippen molar-refractivity contribution in [2.75, 3.05) is 11.5 Å². The Hall–Kier alpha value is -1.53. The van der Waals surface area contributed by atoms with Crippen LogP contribution in [0.25, 0.3) is 0 Å². The highest BCUT2D eigenvalue weighted by Gasteiger charge is 2.17. The minimum absolute atomic E-state index is 0.0558. The molecule has 0 aliphatic rings. The van der Waals surface area contributed by atoms with Gasteiger partial charge in [0.05, 0.1) is 5.75 Å². The molecule has 0 saturated heterocycles. The average molecular weight is 312 g/mol. The van der Waals surface area contributed by atoms with Gasteiger partial charge in [0.1, 0.15) is 16.5 Å². The summed E-state index contributed by atoms with van der Waals surface area (Å²) in [5, 5.41) is 9.57. The van der Waals surface area contributed by atoms with Gasteiger partial charge in [-0.3, -0.25) is 0 Å². The summed E-state index contributed by atoms with van der Waals surface area (Å²) in [4.78, 5) is 0.749. The van der Waals surface area contributed by atoms with Gasteiger partial charge in [0, 0.05) is 10.6 Å². The number of hydrogen-bond donors (Lipinski definition) is 1. The van der Waals surface area contributed by atoms with Crippen molar-refractivity contribution in [3.05, 3.63) is 54.3 Å². The van der Waals surface area contributed by atoms with E-state index in [1.807, 2.05) is 0 Å². The number of aromatic hydroxyl groups is 1. The molecule has 0 aliphatic heterocycles. The van der Waals surface area contributed by atoms with Gasteiger partial charge in [-0.1, -0.05) is 12.1 Å². The molecule has 6 heteroatoms. The van der Waals surface area contributed by atoms with Gasteiger partial charge in [0.2, 0.25) is 0 Å². The van der Waals surface area contributed by atoms with Crippen LogP contribution in [0.3, 0.4) is 0 Å². The smallest absolute Gasteiger partial charge is 0.182 e. The van der Waals surface area contributed by atoms with Crippen LogP contribution in [0.4, 0.5) is 4.39 Å². The van der Waals surface area contributed by atoms with Gasteiger partial charge >= 0.3 is 0 Å². The van der Waals surface area contributed by atoms with Crippen molar-refractivity contribution in [1.82, 2.24) is 0 Å². The topological polar surface area (TPSA) is 54.4 Å². The highest BCUT2D eigenvalue weighted by atomic mass is 32.2. The van der Waals surface area contributed by atoms with Crippen molar-refractivity contribution >= 4 is 21.6 Å². The molecule has 1 N–H and O–H groups in total. The zero-order chi connectivity index (χ0) is 14.6. The average Bonchev–Trinajstić information content (AvgIpc) is 2.41. The summed E-state index contributed by atoms with van der Waals surface area (Å²) in [5.41, 5.74) is 0. The lowest BCUT2D eigenvalue weighted by Gasteiger charge is -2.06. The fraction of sp³-hybridized carbons (Fsp3) is 0.143. The van der Waals surface area contributed by atoms with E-state index in [1.54, 1.807) is 24.3 Å². The second-order valence-electron chi connectivity index (χ2n) is 4.09. The fourth-order valence-electron chi connectivity index (χ4n) is 1.63. The minimum Gasteiger partial charge on any atom is -0.507 e. The molecular weight excluding hydrogens is 299 g/mol. The van der Waals surface area contributed by atoms with Crippen LogP contribution in [0.2, 0.25) is 0 Å². The van der Waals surface area contributed by atoms with Gasteiger partial charge < -0.3 is 5.11 Å². The third kappa shape index (κ3) is 3.74. The van der Waals surface area contributed by atoms with Crippen molar-refractivity contribution in [2.24, 2.45) is 0 Å². The number of phenols is 1. The molecule has 0 aromatic heterocycles. The largest absolute Gasteiger partial charge is 0.507 e. The molecule has 0 heterocycles.